The first-order chi connectivity index (χ1) is 9.74. The third kappa shape index (κ3) is 1.77. The Morgan fingerprint density at radius 2 is 2.10 bits per heavy atom. The van der Waals surface area contributed by atoms with Crippen molar-refractivity contribution in [3.63, 3.8) is 0 Å². The van der Waals surface area contributed by atoms with Crippen molar-refractivity contribution in [1.29, 1.82) is 0 Å². The van der Waals surface area contributed by atoms with E-state index < -0.39 is 5.97 Å². The van der Waals surface area contributed by atoms with E-state index in [1.807, 2.05) is 6.07 Å². The van der Waals surface area contributed by atoms with Crippen LogP contribution in [0.1, 0.15) is 39.6 Å². The average molecular weight is 267 g/mol. The van der Waals surface area contributed by atoms with Gasteiger partial charge in [-0.2, -0.15) is 0 Å². The predicted octanol–water partition coefficient (Wildman–Crippen LogP) is 3.23. The minimum atomic E-state index is -0.850. The number of aryl methyl sites for hydroxylation is 1. The number of aromatic nitrogens is 1. The van der Waals surface area contributed by atoms with Gasteiger partial charge in [-0.05, 0) is 54.2 Å². The average Bonchev–Trinajstić information content (AvgIpc) is 2.81. The summed E-state index contributed by atoms with van der Waals surface area (Å²) in [6, 6.07) is 12.4. The van der Waals surface area contributed by atoms with Crippen LogP contribution in [0.5, 0.6) is 0 Å². The zero-order chi connectivity index (χ0) is 13.7. The van der Waals surface area contributed by atoms with Crippen molar-refractivity contribution in [2.24, 2.45) is 11.8 Å². The van der Waals surface area contributed by atoms with Crippen molar-refractivity contribution in [3.8, 4) is 0 Å². The van der Waals surface area contributed by atoms with E-state index in [9.17, 15) is 4.79 Å². The summed E-state index contributed by atoms with van der Waals surface area (Å²) in [5, 5.41) is 9.03. The fourth-order valence-electron chi connectivity index (χ4n) is 3.89. The molecule has 2 aliphatic rings. The van der Waals surface area contributed by atoms with Crippen LogP contribution in [0.4, 0.5) is 0 Å². The molecule has 3 unspecified atom stereocenters. The van der Waals surface area contributed by atoms with Gasteiger partial charge in [-0.3, -0.25) is 0 Å². The maximum Gasteiger partial charge on any atom is 0.352 e. The molecule has 20 heavy (non-hydrogen) atoms. The van der Waals surface area contributed by atoms with Crippen LogP contribution < -0.4 is 0 Å². The molecule has 3 atom stereocenters. The van der Waals surface area contributed by atoms with Crippen molar-refractivity contribution in [3.05, 3.63) is 58.9 Å². The molecule has 0 spiro atoms. The predicted molar refractivity (Wildman–Crippen MR) is 75.9 cm³/mol. The number of aromatic amines is 1. The van der Waals surface area contributed by atoms with E-state index in [4.69, 9.17) is 5.11 Å². The number of fused-ring (bicyclic) bond motifs is 3. The molecule has 4 rings (SSSR count). The molecule has 1 heterocycles. The number of carboxylic acids is 1. The molecule has 0 amide bonds. The van der Waals surface area contributed by atoms with Gasteiger partial charge in [0.15, 0.2) is 0 Å². The lowest BCUT2D eigenvalue weighted by Gasteiger charge is -2.04. The van der Waals surface area contributed by atoms with Gasteiger partial charge in [-0.1, -0.05) is 30.3 Å². The van der Waals surface area contributed by atoms with E-state index in [1.54, 1.807) is 0 Å². The van der Waals surface area contributed by atoms with E-state index in [0.717, 1.165) is 30.4 Å². The van der Waals surface area contributed by atoms with E-state index in [2.05, 4.69) is 35.3 Å². The highest BCUT2D eigenvalue weighted by Gasteiger charge is 2.55. The molecule has 2 aliphatic carbocycles. The van der Waals surface area contributed by atoms with Gasteiger partial charge < -0.3 is 10.1 Å². The van der Waals surface area contributed by atoms with Crippen molar-refractivity contribution in [1.82, 2.24) is 4.98 Å². The van der Waals surface area contributed by atoms with Gasteiger partial charge in [0.1, 0.15) is 5.69 Å². The molecular formula is C17H17NO2. The maximum absolute atomic E-state index is 11.0. The van der Waals surface area contributed by atoms with Crippen LogP contribution in [0, 0.1) is 11.8 Å². The molecular weight excluding hydrogens is 250 g/mol. The third-order valence-electron chi connectivity index (χ3n) is 4.90. The topological polar surface area (TPSA) is 53.1 Å². The number of aromatic carboxylic acids is 1. The lowest BCUT2D eigenvalue weighted by Crippen LogP contribution is -1.98. The molecule has 1 aromatic heterocycles. The summed E-state index contributed by atoms with van der Waals surface area (Å²) < 4.78 is 0. The summed E-state index contributed by atoms with van der Waals surface area (Å²) in [6.07, 6.45) is 3.38. The summed E-state index contributed by atoms with van der Waals surface area (Å²) in [5.41, 5.74) is 4.18. The minimum absolute atomic E-state index is 0.349. The monoisotopic (exact) mass is 267 g/mol. The first-order valence-corrected chi connectivity index (χ1v) is 7.23. The van der Waals surface area contributed by atoms with Crippen LogP contribution in [-0.2, 0) is 12.8 Å². The Bertz CT molecular complexity index is 659. The van der Waals surface area contributed by atoms with Crippen molar-refractivity contribution < 1.29 is 9.90 Å². The molecule has 0 bridgehead atoms. The van der Waals surface area contributed by atoms with Crippen LogP contribution in [0.3, 0.4) is 0 Å². The number of nitrogens with one attached hydrogen (secondary N) is 1. The summed E-state index contributed by atoms with van der Waals surface area (Å²) >= 11 is 0. The Labute approximate surface area is 117 Å². The minimum Gasteiger partial charge on any atom is -0.477 e. The molecule has 0 saturated heterocycles. The van der Waals surface area contributed by atoms with Gasteiger partial charge in [-0.25, -0.2) is 4.79 Å². The van der Waals surface area contributed by atoms with Crippen LogP contribution in [0.2, 0.25) is 0 Å². The molecule has 0 aliphatic heterocycles. The molecule has 3 nitrogen and oxygen atoms in total. The fourth-order valence-corrected chi connectivity index (χ4v) is 3.89. The second-order valence-electron chi connectivity index (χ2n) is 6.00. The molecule has 1 aromatic carbocycles. The molecule has 0 radical (unpaired) electrons. The van der Waals surface area contributed by atoms with E-state index >= 15 is 0 Å². The number of hydrogen-bond acceptors (Lipinski definition) is 1. The van der Waals surface area contributed by atoms with E-state index in [1.165, 1.54) is 17.5 Å². The summed E-state index contributed by atoms with van der Waals surface area (Å²) in [5.74, 6) is 1.26. The zero-order valence-electron chi connectivity index (χ0n) is 11.2. The number of benzene rings is 1. The largest absolute Gasteiger partial charge is 0.477 e. The van der Waals surface area contributed by atoms with Gasteiger partial charge >= 0.3 is 5.97 Å². The van der Waals surface area contributed by atoms with Crippen molar-refractivity contribution >= 4 is 5.97 Å². The van der Waals surface area contributed by atoms with Crippen molar-refractivity contribution in [2.45, 2.75) is 25.2 Å². The lowest BCUT2D eigenvalue weighted by molar-refractivity contribution is 0.0691. The number of carbonyl (C=O) groups is 1. The second-order valence-corrected chi connectivity index (χ2v) is 6.00. The summed E-state index contributed by atoms with van der Waals surface area (Å²) in [7, 11) is 0. The first-order valence-electron chi connectivity index (χ1n) is 7.23. The Hall–Kier alpha value is -2.03. The van der Waals surface area contributed by atoms with E-state index in [0.29, 0.717) is 11.6 Å². The quantitative estimate of drug-likeness (QED) is 0.893. The Kier molecular flexibility index (Phi) is 2.49. The number of H-pyrrole nitrogens is 1. The van der Waals surface area contributed by atoms with Gasteiger partial charge in [0.25, 0.3) is 0 Å². The zero-order valence-corrected chi connectivity index (χ0v) is 11.2. The third-order valence-corrected chi connectivity index (χ3v) is 4.90. The Morgan fingerprint density at radius 3 is 2.85 bits per heavy atom. The summed E-state index contributed by atoms with van der Waals surface area (Å²) in [4.78, 5) is 14.0. The highest BCUT2D eigenvalue weighted by molar-refractivity contribution is 5.86. The summed E-state index contributed by atoms with van der Waals surface area (Å²) in [6.45, 7) is 0. The number of rotatable bonds is 4. The smallest absolute Gasteiger partial charge is 0.352 e. The van der Waals surface area contributed by atoms with Gasteiger partial charge in [0.05, 0.1) is 0 Å². The first kappa shape index (κ1) is 11.8. The highest BCUT2D eigenvalue weighted by atomic mass is 16.4. The number of hydrogen-bond donors (Lipinski definition) is 2. The normalized spacial score (nSPS) is 26.1. The Morgan fingerprint density at radius 1 is 1.30 bits per heavy atom. The van der Waals surface area contributed by atoms with Crippen LogP contribution in [0.15, 0.2) is 36.4 Å². The van der Waals surface area contributed by atoms with Crippen LogP contribution >= 0.6 is 0 Å². The Balaban J connectivity index is 1.44. The van der Waals surface area contributed by atoms with Gasteiger partial charge in [-0.15, -0.1) is 0 Å². The molecule has 2 aromatic rings. The molecule has 102 valence electrons. The van der Waals surface area contributed by atoms with Crippen LogP contribution in [0.25, 0.3) is 0 Å². The van der Waals surface area contributed by atoms with Crippen LogP contribution in [-0.4, -0.2) is 16.1 Å². The van der Waals surface area contributed by atoms with Gasteiger partial charge in [0, 0.05) is 5.69 Å². The van der Waals surface area contributed by atoms with Gasteiger partial charge in [0.2, 0.25) is 0 Å². The molecule has 1 fully saturated rings. The highest BCUT2D eigenvalue weighted by Crippen LogP contribution is 2.63. The fraction of sp³-hybridized carbons (Fsp3) is 0.353. The molecule has 1 saturated carbocycles. The standard InChI is InChI=1S/C17H17NO2/c19-17(20)15-9-13-14(18-15)8-12-11(16(12)13)7-6-10-4-2-1-3-5-10/h1-5,9,11-12,16,18H,6-8H2,(H,19,20). The lowest BCUT2D eigenvalue weighted by atomic mass is 10.0. The maximum atomic E-state index is 11.0. The number of carboxylic acid groups (broad SMARTS) is 1. The van der Waals surface area contributed by atoms with E-state index in [-0.39, 0.29) is 0 Å². The van der Waals surface area contributed by atoms with Crippen molar-refractivity contribution in [2.75, 3.05) is 0 Å². The molecule has 2 N–H and O–H groups in total. The SMILES string of the molecule is O=C(O)c1cc2c([nH]1)CC1C(CCc3ccccc3)C21. The molecule has 3 heteroatoms. The second kappa shape index (κ2) is 4.23.